The number of aromatic amines is 5. The molecule has 0 bridgehead atoms. The Hall–Kier alpha value is -15.7. The van der Waals surface area contributed by atoms with Crippen LogP contribution in [0.4, 0.5) is 29.2 Å². The molecule has 3 aliphatic heterocycles. The van der Waals surface area contributed by atoms with Crippen LogP contribution < -0.4 is 28.3 Å². The summed E-state index contributed by atoms with van der Waals surface area (Å²) in [4.78, 5) is 75.1. The van der Waals surface area contributed by atoms with Crippen molar-refractivity contribution in [1.29, 1.82) is 0 Å². The minimum absolute atomic E-state index is 0.0118. The number of likely N-dealkylation sites (tertiary alicyclic amines) is 1. The molecule has 1 saturated carbocycles. The second-order valence-corrected chi connectivity index (χ2v) is 42.0. The predicted octanol–water partition coefficient (Wildman–Crippen LogP) is 19.7. The molecule has 0 unspecified atom stereocenters. The van der Waals surface area contributed by atoms with Gasteiger partial charge in [-0.25, -0.2) is 61.7 Å². The smallest absolute Gasteiger partial charge is 0.252 e. The van der Waals surface area contributed by atoms with Gasteiger partial charge in [0.15, 0.2) is 0 Å². The lowest BCUT2D eigenvalue weighted by molar-refractivity contribution is -0.120. The number of nitrogens with two attached hydrogens (primary N) is 4. The number of aryl methyl sites for hydroxylation is 1. The third-order valence-electron chi connectivity index (χ3n) is 28.2. The van der Waals surface area contributed by atoms with E-state index in [4.69, 9.17) is 42.9 Å². The van der Waals surface area contributed by atoms with Crippen LogP contribution in [0.2, 0.25) is 0 Å². The summed E-state index contributed by atoms with van der Waals surface area (Å²) in [5.41, 5.74) is 43.7. The summed E-state index contributed by atoms with van der Waals surface area (Å²) in [6.45, 7) is 6.79. The van der Waals surface area contributed by atoms with Crippen LogP contribution in [0.15, 0.2) is 289 Å². The van der Waals surface area contributed by atoms with Crippen LogP contribution in [0.1, 0.15) is 122 Å². The highest BCUT2D eigenvalue weighted by molar-refractivity contribution is 7.91. The number of carbonyl (C=O) groups is 1. The van der Waals surface area contributed by atoms with Crippen LogP contribution in [0.3, 0.4) is 0 Å². The number of para-hydroxylation sites is 6. The van der Waals surface area contributed by atoms with Gasteiger partial charge in [-0.15, -0.1) is 11.3 Å². The van der Waals surface area contributed by atoms with Crippen LogP contribution in [0.25, 0.3) is 133 Å². The van der Waals surface area contributed by atoms with Gasteiger partial charge in [0.1, 0.15) is 95.6 Å². The van der Waals surface area contributed by atoms with E-state index >= 15 is 0 Å². The SMILES string of the molecule is Cc1cccc(S(=O)(=O)N2CCC(c3nc(-c4cc5ccccc5[nH]4)c4c(N)nccn34)CC2)c1.Nc1nccn2c(C3CCC(C(=O)Nc4nc5ccccc5[nH]4)CC3)nc(-c3cc4ccccc4[nH]3)c12.Nc1nccn2c(C3CCN(Cc4ccc5ccccc5c4)CC3)nc(-c3cc4ccccc4[nH]3)c12.Nc1nccn2c(C3CCN(S(=O)(=O)c4cccs4)CC3)nc(-c3cc4ccccc4[nH]3)c12. The molecule has 1 amide bonds. The minimum atomic E-state index is -3.52. The zero-order chi connectivity index (χ0) is 95.7. The zero-order valence-corrected chi connectivity index (χ0v) is 79.6. The highest BCUT2D eigenvalue weighted by Crippen LogP contribution is 2.44. The molecule has 34 heteroatoms. The number of amides is 1. The molecule has 4 aliphatic rings. The standard InChI is InChI=1S/C30H28N6.C28H26N8O.C26H26N6O2S.C23H22N6O2S2/c31-29-28-27(26-18-24-7-3-4-8-25(24)33-26)34-30(36(28)16-13-32-29)22-11-14-35(15-12-22)19-20-9-10-21-5-1-2-6-23(21)17-20;29-25-24-23(22-15-18-5-1-2-6-19(18)31-22)34-26(36(24)14-13-30-25)16-9-11-17(12-10-16)27(37)35-28-32-20-7-3-4-8-21(20)33-28;1-17-5-4-7-20(15-17)35(33,34)31-12-9-18(10-13-31)26-30-23(24-25(27)28-11-14-32(24)26)22-16-19-6-2-3-8-21(19)29-22;24-22-21-20(18-14-16-4-1-2-5-17(16)26-18)27-23(29(21)12-9-25-22)15-7-10-28(11-8-15)33(30,31)19-6-3-13-32-19/h1-10,13,16-18,22,33H,11-12,14-15,19H2,(H2,31,32);1-8,13-17,31H,9-12H2,(H2,29,30)(H2,32,33,35,37);2-8,11,14-16,18,29H,9-10,12-13H2,1H3,(H2,27,28);1-6,9,12-15,26H,7-8,10-11H2,(H2,24,25). The first kappa shape index (κ1) is 89.2. The van der Waals surface area contributed by atoms with Gasteiger partial charge in [0.25, 0.3) is 10.0 Å². The lowest BCUT2D eigenvalue weighted by atomic mass is 9.81. The van der Waals surface area contributed by atoms with Gasteiger partial charge >= 0.3 is 0 Å². The maximum absolute atomic E-state index is 13.2. The van der Waals surface area contributed by atoms with E-state index in [0.717, 1.165) is 204 Å². The van der Waals surface area contributed by atoms with Crippen LogP contribution in [0, 0.1) is 12.8 Å². The fourth-order valence-corrected chi connectivity index (χ4v) is 25.2. The zero-order valence-electron chi connectivity index (χ0n) is 77.2. The number of aromatic nitrogens is 18. The van der Waals surface area contributed by atoms with Crippen molar-refractivity contribution >= 4 is 154 Å². The molecule has 22 aromatic rings. The maximum Gasteiger partial charge on any atom is 0.252 e. The van der Waals surface area contributed by atoms with Crippen molar-refractivity contribution in [3.05, 3.63) is 314 Å². The van der Waals surface area contributed by atoms with E-state index in [-0.39, 0.29) is 29.6 Å². The number of hydrogen-bond donors (Lipinski definition) is 10. The summed E-state index contributed by atoms with van der Waals surface area (Å²) in [5, 5.41) is 11.9. The van der Waals surface area contributed by atoms with Gasteiger partial charge in [-0.3, -0.25) is 32.6 Å². The fraction of sp³-hybridized carbons (Fsp3) is 0.215. The summed E-state index contributed by atoms with van der Waals surface area (Å²) in [7, 11) is -6.96. The Balaban J connectivity index is 0.000000105. The van der Waals surface area contributed by atoms with Gasteiger partial charge in [-0.2, -0.15) is 8.61 Å². The Bertz CT molecular complexity index is 8550. The van der Waals surface area contributed by atoms with Crippen molar-refractivity contribution in [3.8, 4) is 45.6 Å². The van der Waals surface area contributed by atoms with Crippen LogP contribution >= 0.6 is 11.3 Å². The van der Waals surface area contributed by atoms with E-state index in [1.165, 1.54) is 33.1 Å². The Morgan fingerprint density at radius 3 is 1.16 bits per heavy atom. The number of piperidine rings is 3. The van der Waals surface area contributed by atoms with Crippen molar-refractivity contribution in [3.63, 3.8) is 0 Å². The first-order valence-corrected chi connectivity index (χ1v) is 51.4. The molecule has 14 aromatic heterocycles. The van der Waals surface area contributed by atoms with Gasteiger partial charge in [0.05, 0.1) is 38.7 Å². The number of sulfonamides is 2. The van der Waals surface area contributed by atoms with Crippen molar-refractivity contribution in [1.82, 2.24) is 101 Å². The lowest BCUT2D eigenvalue weighted by Gasteiger charge is -2.31. The quantitative estimate of drug-likeness (QED) is 0.0429. The molecule has 708 valence electrons. The third kappa shape index (κ3) is 17.2. The van der Waals surface area contributed by atoms with E-state index in [1.54, 1.807) is 69.1 Å². The number of thiophene rings is 1. The molecular formula is C107H102N26O5S3. The van der Waals surface area contributed by atoms with Gasteiger partial charge in [0.2, 0.25) is 21.9 Å². The van der Waals surface area contributed by atoms with E-state index in [2.05, 4.69) is 178 Å². The average Bonchev–Trinajstić information content (AvgIpc) is 1.60. The highest BCUT2D eigenvalue weighted by atomic mass is 32.2. The number of nitrogen functional groups attached to an aromatic ring is 4. The summed E-state index contributed by atoms with van der Waals surface area (Å²) in [5.74, 6) is 6.90. The molecule has 14 N–H and O–H groups in total. The number of fused-ring (bicyclic) bond motifs is 10. The molecule has 1 aliphatic carbocycles. The van der Waals surface area contributed by atoms with Crippen LogP contribution in [-0.2, 0) is 31.4 Å². The van der Waals surface area contributed by atoms with Gasteiger partial charge in [-0.05, 0) is 196 Å². The summed E-state index contributed by atoms with van der Waals surface area (Å²) >= 11 is 1.26. The predicted molar refractivity (Wildman–Crippen MR) is 556 cm³/mol. The Labute approximate surface area is 814 Å². The van der Waals surface area contributed by atoms with Crippen LogP contribution in [-0.4, -0.2) is 163 Å². The van der Waals surface area contributed by atoms with Crippen molar-refractivity contribution in [2.75, 3.05) is 67.5 Å². The summed E-state index contributed by atoms with van der Waals surface area (Å²) < 4.78 is 64.0. The van der Waals surface area contributed by atoms with Gasteiger partial charge in [0, 0.05) is 155 Å². The molecular weight excluding hydrogens is 1830 g/mol. The number of nitrogens with one attached hydrogen (secondary N) is 6. The van der Waals surface area contributed by atoms with Crippen molar-refractivity contribution in [2.45, 2.75) is 110 Å². The monoisotopic (exact) mass is 1930 g/mol. The van der Waals surface area contributed by atoms with Gasteiger partial charge in [-0.1, -0.05) is 140 Å². The van der Waals surface area contributed by atoms with Crippen molar-refractivity contribution < 1.29 is 21.6 Å². The Morgan fingerprint density at radius 1 is 0.376 bits per heavy atom. The van der Waals surface area contributed by atoms with Gasteiger partial charge < -0.3 is 47.9 Å². The third-order valence-corrected chi connectivity index (χ3v) is 33.4. The Kier molecular flexibility index (Phi) is 23.5. The molecule has 0 radical (unpaired) electrons. The number of imidazole rings is 5. The number of anilines is 5. The number of benzene rings is 8. The summed E-state index contributed by atoms with van der Waals surface area (Å²) in [6.07, 6.45) is 22.7. The highest BCUT2D eigenvalue weighted by Gasteiger charge is 2.38. The number of rotatable bonds is 16. The first-order chi connectivity index (χ1) is 68.8. The second kappa shape index (κ2) is 37.2. The molecule has 0 spiro atoms. The molecule has 8 aromatic carbocycles. The van der Waals surface area contributed by atoms with E-state index in [1.807, 2.05) is 125 Å². The van der Waals surface area contributed by atoms with Crippen molar-refractivity contribution in [2.24, 2.45) is 5.92 Å². The molecule has 141 heavy (non-hydrogen) atoms. The molecule has 26 rings (SSSR count). The lowest BCUT2D eigenvalue weighted by Crippen LogP contribution is -2.38. The molecule has 17 heterocycles. The first-order valence-electron chi connectivity index (χ1n) is 47.7. The summed E-state index contributed by atoms with van der Waals surface area (Å²) in [6, 6.07) is 74.7. The van der Waals surface area contributed by atoms with E-state index in [9.17, 15) is 21.6 Å². The maximum atomic E-state index is 13.2. The number of hydrogen-bond acceptors (Lipinski definition) is 20. The number of H-pyrrole nitrogens is 5. The van der Waals surface area contributed by atoms with Crippen LogP contribution in [0.5, 0.6) is 0 Å². The largest absolute Gasteiger partial charge is 0.382 e. The molecule has 31 nitrogen and oxygen atoms in total. The normalized spacial score (nSPS) is 16.3. The number of carbonyl (C=O) groups excluding carboxylic acids is 1. The Morgan fingerprint density at radius 2 is 0.759 bits per heavy atom. The molecule has 0 atom stereocenters. The second-order valence-electron chi connectivity index (χ2n) is 37.0. The minimum Gasteiger partial charge on any atom is -0.382 e. The average molecular weight is 1930 g/mol. The van der Waals surface area contributed by atoms with E-state index in [0.29, 0.717) is 96.1 Å². The molecule has 3 saturated heterocycles. The topological polar surface area (TPSA) is 424 Å². The van der Waals surface area contributed by atoms with E-state index < -0.39 is 20.0 Å². The fourth-order valence-electron chi connectivity index (χ4n) is 21.0. The molecule has 4 fully saturated rings. The number of nitrogens with zero attached hydrogens (tertiary/aromatic N) is 16.